The lowest BCUT2D eigenvalue weighted by atomic mass is 10.3. The number of aromatic nitrogens is 1. The first kappa shape index (κ1) is 17.6. The van der Waals surface area contributed by atoms with Gasteiger partial charge in [0.15, 0.2) is 6.61 Å². The normalized spacial score (nSPS) is 10.2. The summed E-state index contributed by atoms with van der Waals surface area (Å²) in [4.78, 5) is 28.0. The summed E-state index contributed by atoms with van der Waals surface area (Å²) in [6, 6.07) is 8.06. The minimum Gasteiger partial charge on any atom is -0.452 e. The third-order valence-corrected chi connectivity index (χ3v) is 4.09. The van der Waals surface area contributed by atoms with Gasteiger partial charge in [0.05, 0.1) is 21.3 Å². The van der Waals surface area contributed by atoms with Gasteiger partial charge in [-0.25, -0.2) is 9.78 Å². The molecule has 1 N–H and O–H groups in total. The van der Waals surface area contributed by atoms with Crippen molar-refractivity contribution >= 4 is 52.5 Å². The van der Waals surface area contributed by atoms with Crippen molar-refractivity contribution in [2.45, 2.75) is 5.03 Å². The molecule has 0 saturated heterocycles. The van der Waals surface area contributed by atoms with E-state index in [-0.39, 0.29) is 5.69 Å². The predicted molar refractivity (Wildman–Crippen MR) is 91.4 cm³/mol. The number of ether oxygens (including phenoxy) is 1. The van der Waals surface area contributed by atoms with Gasteiger partial charge < -0.3 is 10.1 Å². The van der Waals surface area contributed by atoms with Gasteiger partial charge in [-0.05, 0) is 30.5 Å². The summed E-state index contributed by atoms with van der Waals surface area (Å²) in [5.41, 5.74) is 0.589. The largest absolute Gasteiger partial charge is 0.452 e. The monoisotopic (exact) mass is 370 g/mol. The van der Waals surface area contributed by atoms with Crippen molar-refractivity contribution in [2.24, 2.45) is 0 Å². The van der Waals surface area contributed by atoms with E-state index >= 15 is 0 Å². The van der Waals surface area contributed by atoms with Gasteiger partial charge >= 0.3 is 5.97 Å². The number of nitrogens with one attached hydrogen (secondary N) is 1. The average molecular weight is 371 g/mol. The minimum absolute atomic E-state index is 0.281. The molecule has 0 aliphatic carbocycles. The van der Waals surface area contributed by atoms with Crippen LogP contribution in [-0.2, 0) is 9.53 Å². The van der Waals surface area contributed by atoms with Crippen molar-refractivity contribution in [3.8, 4) is 0 Å². The van der Waals surface area contributed by atoms with Crippen LogP contribution in [-0.4, -0.2) is 29.7 Å². The average Bonchev–Trinajstić information content (AvgIpc) is 2.56. The highest BCUT2D eigenvalue weighted by Gasteiger charge is 2.16. The molecule has 2 rings (SSSR count). The van der Waals surface area contributed by atoms with Gasteiger partial charge in [-0.1, -0.05) is 29.3 Å². The van der Waals surface area contributed by atoms with Crippen molar-refractivity contribution in [3.05, 3.63) is 52.1 Å². The second-order valence-corrected chi connectivity index (χ2v) is 5.89. The predicted octanol–water partition coefficient (Wildman–Crippen LogP) is 3.91. The van der Waals surface area contributed by atoms with E-state index in [4.69, 9.17) is 27.9 Å². The van der Waals surface area contributed by atoms with Crippen molar-refractivity contribution in [1.29, 1.82) is 0 Å². The molecule has 0 aliphatic heterocycles. The van der Waals surface area contributed by atoms with Crippen LogP contribution in [0.1, 0.15) is 10.4 Å². The zero-order valence-electron chi connectivity index (χ0n) is 12.0. The highest BCUT2D eigenvalue weighted by Crippen LogP contribution is 2.29. The highest BCUT2D eigenvalue weighted by atomic mass is 35.5. The fourth-order valence-corrected chi connectivity index (χ4v) is 2.74. The van der Waals surface area contributed by atoms with Crippen molar-refractivity contribution in [1.82, 2.24) is 4.98 Å². The molecule has 1 heterocycles. The fraction of sp³-hybridized carbons (Fsp3) is 0.133. The number of anilines is 1. The number of para-hydroxylation sites is 1. The number of halogens is 2. The first-order chi connectivity index (χ1) is 11.0. The van der Waals surface area contributed by atoms with Crippen LogP contribution in [0.15, 0.2) is 41.6 Å². The molecule has 0 bridgehead atoms. The van der Waals surface area contributed by atoms with Crippen LogP contribution in [0.3, 0.4) is 0 Å². The maximum atomic E-state index is 12.0. The Hall–Kier alpha value is -1.76. The van der Waals surface area contributed by atoms with Crippen LogP contribution in [0.2, 0.25) is 10.0 Å². The summed E-state index contributed by atoms with van der Waals surface area (Å²) in [5.74, 6) is -1.16. The lowest BCUT2D eigenvalue weighted by molar-refractivity contribution is -0.119. The molecule has 1 amide bonds. The van der Waals surface area contributed by atoms with Gasteiger partial charge in [0.25, 0.3) is 5.91 Å². The standard InChI is InChI=1S/C15H12Cl2N2O3S/c1-23-14-9(4-3-7-18-14)15(21)22-8-12(20)19-13-10(16)5-2-6-11(13)17/h2-7H,8H2,1H3,(H,19,20). The number of thioether (sulfide) groups is 1. The number of pyridine rings is 1. The third-order valence-electron chi connectivity index (χ3n) is 2.75. The summed E-state index contributed by atoms with van der Waals surface area (Å²) in [7, 11) is 0. The molecule has 0 atom stereocenters. The van der Waals surface area contributed by atoms with Crippen molar-refractivity contribution in [2.75, 3.05) is 18.2 Å². The summed E-state index contributed by atoms with van der Waals surface area (Å²) in [5, 5.41) is 3.65. The van der Waals surface area contributed by atoms with Crippen LogP contribution in [0.4, 0.5) is 5.69 Å². The molecule has 2 aromatic rings. The van der Waals surface area contributed by atoms with E-state index in [2.05, 4.69) is 10.3 Å². The molecular formula is C15H12Cl2N2O3S. The Morgan fingerprint density at radius 3 is 2.57 bits per heavy atom. The fourth-order valence-electron chi connectivity index (χ4n) is 1.71. The van der Waals surface area contributed by atoms with Crippen molar-refractivity contribution in [3.63, 3.8) is 0 Å². The third kappa shape index (κ3) is 4.60. The first-order valence-electron chi connectivity index (χ1n) is 6.43. The SMILES string of the molecule is CSc1ncccc1C(=O)OCC(=O)Nc1c(Cl)cccc1Cl. The summed E-state index contributed by atoms with van der Waals surface area (Å²) < 4.78 is 4.99. The number of carbonyl (C=O) groups is 2. The molecule has 5 nitrogen and oxygen atoms in total. The molecule has 0 fully saturated rings. The van der Waals surface area contributed by atoms with E-state index in [0.29, 0.717) is 20.6 Å². The summed E-state index contributed by atoms with van der Waals surface area (Å²) in [6.45, 7) is -0.455. The number of nitrogens with zero attached hydrogens (tertiary/aromatic N) is 1. The molecule has 0 unspecified atom stereocenters. The van der Waals surface area contributed by atoms with Gasteiger partial charge in [-0.2, -0.15) is 0 Å². The van der Waals surface area contributed by atoms with E-state index in [1.807, 2.05) is 0 Å². The van der Waals surface area contributed by atoms with Crippen LogP contribution in [0, 0.1) is 0 Å². The van der Waals surface area contributed by atoms with Gasteiger partial charge in [-0.3, -0.25) is 4.79 Å². The number of hydrogen-bond acceptors (Lipinski definition) is 5. The van der Waals surface area contributed by atoms with E-state index < -0.39 is 18.5 Å². The van der Waals surface area contributed by atoms with Gasteiger partial charge in [0, 0.05) is 6.20 Å². The smallest absolute Gasteiger partial charge is 0.341 e. The molecule has 1 aromatic carbocycles. The molecular weight excluding hydrogens is 359 g/mol. The molecule has 23 heavy (non-hydrogen) atoms. The Kier molecular flexibility index (Phi) is 6.27. The number of hydrogen-bond donors (Lipinski definition) is 1. The Balaban J connectivity index is 1.98. The van der Waals surface area contributed by atoms with Crippen LogP contribution in [0.25, 0.3) is 0 Å². The minimum atomic E-state index is -0.622. The van der Waals surface area contributed by atoms with E-state index in [1.54, 1.807) is 42.8 Å². The Morgan fingerprint density at radius 2 is 1.91 bits per heavy atom. The van der Waals surface area contributed by atoms with Gasteiger partial charge in [0.1, 0.15) is 5.03 Å². The maximum Gasteiger partial charge on any atom is 0.341 e. The van der Waals surface area contributed by atoms with E-state index in [1.165, 1.54) is 11.8 Å². The van der Waals surface area contributed by atoms with Crippen LogP contribution in [0.5, 0.6) is 0 Å². The topological polar surface area (TPSA) is 68.3 Å². The summed E-state index contributed by atoms with van der Waals surface area (Å²) >= 11 is 13.2. The number of amides is 1. The highest BCUT2D eigenvalue weighted by molar-refractivity contribution is 7.98. The van der Waals surface area contributed by atoms with E-state index in [9.17, 15) is 9.59 Å². The zero-order chi connectivity index (χ0) is 16.8. The van der Waals surface area contributed by atoms with Gasteiger partial charge in [0.2, 0.25) is 0 Å². The van der Waals surface area contributed by atoms with Crippen LogP contribution < -0.4 is 5.32 Å². The van der Waals surface area contributed by atoms with Crippen molar-refractivity contribution < 1.29 is 14.3 Å². The zero-order valence-corrected chi connectivity index (χ0v) is 14.3. The second-order valence-electron chi connectivity index (χ2n) is 4.28. The van der Waals surface area contributed by atoms with Gasteiger partial charge in [-0.15, -0.1) is 11.8 Å². The molecule has 0 saturated carbocycles. The number of esters is 1. The molecule has 0 spiro atoms. The quantitative estimate of drug-likeness (QED) is 0.638. The molecule has 0 aliphatic rings. The molecule has 1 aromatic heterocycles. The Labute approximate surface area is 147 Å². The Bertz CT molecular complexity index is 720. The number of rotatable bonds is 5. The van der Waals surface area contributed by atoms with E-state index in [0.717, 1.165) is 0 Å². The number of carbonyl (C=O) groups excluding carboxylic acids is 2. The Morgan fingerprint density at radius 1 is 1.22 bits per heavy atom. The number of benzene rings is 1. The lowest BCUT2D eigenvalue weighted by Crippen LogP contribution is -2.21. The van der Waals surface area contributed by atoms with Crippen LogP contribution >= 0.6 is 35.0 Å². The molecule has 8 heteroatoms. The molecule has 120 valence electrons. The lowest BCUT2D eigenvalue weighted by Gasteiger charge is -2.10. The first-order valence-corrected chi connectivity index (χ1v) is 8.41. The maximum absolute atomic E-state index is 12.0. The second kappa shape index (κ2) is 8.19. The summed E-state index contributed by atoms with van der Waals surface area (Å²) in [6.07, 6.45) is 3.37. The molecule has 0 radical (unpaired) electrons.